The molecule has 1 amide bonds. The van der Waals surface area contributed by atoms with Gasteiger partial charge in [0.1, 0.15) is 0 Å². The number of nitrogens with one attached hydrogen (secondary N) is 1. The molecule has 3 rings (SSSR count). The quantitative estimate of drug-likeness (QED) is 0.489. The second kappa shape index (κ2) is 7.47. The van der Waals surface area contributed by atoms with Gasteiger partial charge in [0.05, 0.1) is 16.8 Å². The Balaban J connectivity index is 2.03. The molecule has 0 saturated heterocycles. The minimum atomic E-state index is -4.49. The molecular formula is C21H18BrF3N2O. The third kappa shape index (κ3) is 3.85. The lowest BCUT2D eigenvalue weighted by Crippen LogP contribution is -2.15. The minimum absolute atomic E-state index is 0.00359. The lowest BCUT2D eigenvalue weighted by Gasteiger charge is -2.17. The van der Waals surface area contributed by atoms with Gasteiger partial charge < -0.3 is 9.88 Å². The molecule has 3 nitrogen and oxygen atoms in total. The van der Waals surface area contributed by atoms with Gasteiger partial charge in [0.2, 0.25) is 0 Å². The second-order valence-corrected chi connectivity index (χ2v) is 7.46. The number of halogens is 4. The van der Waals surface area contributed by atoms with Gasteiger partial charge in [-0.25, -0.2) is 0 Å². The predicted octanol–water partition coefficient (Wildman–Crippen LogP) is 6.44. The number of rotatable bonds is 3. The van der Waals surface area contributed by atoms with Crippen LogP contribution in [0.4, 0.5) is 18.9 Å². The molecule has 146 valence electrons. The highest BCUT2D eigenvalue weighted by Gasteiger charge is 2.34. The van der Waals surface area contributed by atoms with E-state index < -0.39 is 11.7 Å². The van der Waals surface area contributed by atoms with Crippen molar-refractivity contribution in [3.8, 4) is 5.69 Å². The van der Waals surface area contributed by atoms with Crippen molar-refractivity contribution in [1.29, 1.82) is 0 Å². The highest BCUT2D eigenvalue weighted by atomic mass is 79.9. The number of amides is 1. The van der Waals surface area contributed by atoms with Gasteiger partial charge in [0.25, 0.3) is 5.91 Å². The Morgan fingerprint density at radius 3 is 2.36 bits per heavy atom. The van der Waals surface area contributed by atoms with Crippen LogP contribution < -0.4 is 5.32 Å². The zero-order chi connectivity index (χ0) is 20.6. The monoisotopic (exact) mass is 450 g/mol. The Hall–Kier alpha value is -2.54. The van der Waals surface area contributed by atoms with Crippen LogP contribution in [-0.4, -0.2) is 10.5 Å². The van der Waals surface area contributed by atoms with E-state index >= 15 is 0 Å². The van der Waals surface area contributed by atoms with Gasteiger partial charge in [-0.05, 0) is 62.7 Å². The average Bonchev–Trinajstić information content (AvgIpc) is 2.91. The first-order valence-corrected chi connectivity index (χ1v) is 9.32. The minimum Gasteiger partial charge on any atom is -0.322 e. The van der Waals surface area contributed by atoms with Crippen LogP contribution in [0.25, 0.3) is 5.69 Å². The van der Waals surface area contributed by atoms with Crippen molar-refractivity contribution < 1.29 is 18.0 Å². The normalized spacial score (nSPS) is 11.5. The SMILES string of the molecule is Cc1cc(Br)ccc1NC(=O)c1cc(C)n(-c2ccccc2C(F)(F)F)c1C. The Bertz CT molecular complexity index is 1050. The van der Waals surface area contributed by atoms with E-state index in [1.807, 2.05) is 19.1 Å². The van der Waals surface area contributed by atoms with Gasteiger partial charge in [0, 0.05) is 21.5 Å². The molecule has 0 atom stereocenters. The first kappa shape index (κ1) is 20.2. The maximum Gasteiger partial charge on any atom is 0.418 e. The fourth-order valence-electron chi connectivity index (χ4n) is 3.23. The summed E-state index contributed by atoms with van der Waals surface area (Å²) in [6, 6.07) is 12.4. The fraction of sp³-hybridized carbons (Fsp3) is 0.190. The molecule has 0 spiro atoms. The summed E-state index contributed by atoms with van der Waals surface area (Å²) < 4.78 is 42.7. The molecule has 28 heavy (non-hydrogen) atoms. The van der Waals surface area contributed by atoms with Crippen LogP contribution in [0.5, 0.6) is 0 Å². The van der Waals surface area contributed by atoms with Crippen molar-refractivity contribution in [2.24, 2.45) is 0 Å². The van der Waals surface area contributed by atoms with E-state index in [2.05, 4.69) is 21.2 Å². The van der Waals surface area contributed by atoms with Crippen molar-refractivity contribution in [3.63, 3.8) is 0 Å². The van der Waals surface area contributed by atoms with Gasteiger partial charge in [-0.15, -0.1) is 0 Å². The van der Waals surface area contributed by atoms with E-state index in [1.165, 1.54) is 16.7 Å². The number of para-hydroxylation sites is 1. The maximum absolute atomic E-state index is 13.4. The van der Waals surface area contributed by atoms with Crippen molar-refractivity contribution >= 4 is 27.5 Å². The Morgan fingerprint density at radius 1 is 1.04 bits per heavy atom. The summed E-state index contributed by atoms with van der Waals surface area (Å²) in [7, 11) is 0. The number of carbonyl (C=O) groups is 1. The van der Waals surface area contributed by atoms with E-state index in [9.17, 15) is 18.0 Å². The van der Waals surface area contributed by atoms with Crippen LogP contribution in [0.15, 0.2) is 53.0 Å². The Kier molecular flexibility index (Phi) is 5.39. The predicted molar refractivity (Wildman–Crippen MR) is 107 cm³/mol. The van der Waals surface area contributed by atoms with Gasteiger partial charge in [-0.3, -0.25) is 4.79 Å². The first-order chi connectivity index (χ1) is 13.1. The molecule has 3 aromatic rings. The number of anilines is 1. The van der Waals surface area contributed by atoms with E-state index in [0.717, 1.165) is 16.1 Å². The average molecular weight is 451 g/mol. The van der Waals surface area contributed by atoms with Crippen molar-refractivity contribution in [3.05, 3.63) is 81.1 Å². The number of carbonyl (C=O) groups excluding carboxylic acids is 1. The maximum atomic E-state index is 13.4. The van der Waals surface area contributed by atoms with E-state index in [4.69, 9.17) is 0 Å². The van der Waals surface area contributed by atoms with Crippen LogP contribution in [-0.2, 0) is 6.18 Å². The van der Waals surface area contributed by atoms with Gasteiger partial charge in [0.15, 0.2) is 0 Å². The number of hydrogen-bond acceptors (Lipinski definition) is 1. The van der Waals surface area contributed by atoms with Crippen LogP contribution in [0.3, 0.4) is 0 Å². The van der Waals surface area contributed by atoms with Crippen LogP contribution in [0.1, 0.15) is 32.9 Å². The highest BCUT2D eigenvalue weighted by Crippen LogP contribution is 2.35. The van der Waals surface area contributed by atoms with Gasteiger partial charge in [-0.1, -0.05) is 28.1 Å². The summed E-state index contributed by atoms with van der Waals surface area (Å²) >= 11 is 3.37. The van der Waals surface area contributed by atoms with Gasteiger partial charge in [-0.2, -0.15) is 13.2 Å². The molecule has 2 aromatic carbocycles. The van der Waals surface area contributed by atoms with Crippen molar-refractivity contribution in [1.82, 2.24) is 4.57 Å². The molecule has 1 heterocycles. The third-order valence-electron chi connectivity index (χ3n) is 4.56. The molecule has 1 N–H and O–H groups in total. The first-order valence-electron chi connectivity index (χ1n) is 8.52. The fourth-order valence-corrected chi connectivity index (χ4v) is 3.70. The molecule has 0 radical (unpaired) electrons. The molecule has 0 aliphatic carbocycles. The molecule has 0 bridgehead atoms. The highest BCUT2D eigenvalue weighted by molar-refractivity contribution is 9.10. The zero-order valence-electron chi connectivity index (χ0n) is 15.5. The largest absolute Gasteiger partial charge is 0.418 e. The number of aromatic nitrogens is 1. The summed E-state index contributed by atoms with van der Waals surface area (Å²) in [5.41, 5.74) is 2.11. The number of aryl methyl sites for hydroxylation is 2. The van der Waals surface area contributed by atoms with E-state index in [0.29, 0.717) is 22.6 Å². The van der Waals surface area contributed by atoms with E-state index in [1.54, 1.807) is 32.0 Å². The summed E-state index contributed by atoms with van der Waals surface area (Å²) in [6.45, 7) is 5.19. The van der Waals surface area contributed by atoms with E-state index in [-0.39, 0.29) is 11.6 Å². The summed E-state index contributed by atoms with van der Waals surface area (Å²) in [6.07, 6.45) is -4.49. The molecule has 0 unspecified atom stereocenters. The summed E-state index contributed by atoms with van der Waals surface area (Å²) in [5.74, 6) is -0.366. The number of hydrogen-bond donors (Lipinski definition) is 1. The number of nitrogens with zero attached hydrogens (tertiary/aromatic N) is 1. The van der Waals surface area contributed by atoms with Crippen molar-refractivity contribution in [2.75, 3.05) is 5.32 Å². The molecule has 0 aliphatic heterocycles. The summed E-state index contributed by atoms with van der Waals surface area (Å²) in [4.78, 5) is 12.8. The van der Waals surface area contributed by atoms with Gasteiger partial charge >= 0.3 is 6.18 Å². The Labute approximate surface area is 169 Å². The summed E-state index contributed by atoms with van der Waals surface area (Å²) in [5, 5.41) is 2.84. The standard InChI is InChI=1S/C21H18BrF3N2O/c1-12-10-15(22)8-9-18(12)26-20(28)16-11-13(2)27(14(16)3)19-7-5-4-6-17(19)21(23,24)25/h4-11H,1-3H3,(H,26,28). The number of alkyl halides is 3. The Morgan fingerprint density at radius 2 is 1.71 bits per heavy atom. The molecule has 1 aromatic heterocycles. The third-order valence-corrected chi connectivity index (χ3v) is 5.06. The topological polar surface area (TPSA) is 34.0 Å². The zero-order valence-corrected chi connectivity index (χ0v) is 17.1. The molecular weight excluding hydrogens is 433 g/mol. The van der Waals surface area contributed by atoms with Crippen molar-refractivity contribution in [2.45, 2.75) is 26.9 Å². The number of benzene rings is 2. The lowest BCUT2D eigenvalue weighted by atomic mass is 10.1. The smallest absolute Gasteiger partial charge is 0.322 e. The molecule has 7 heteroatoms. The molecule has 0 fully saturated rings. The lowest BCUT2D eigenvalue weighted by molar-refractivity contribution is -0.137. The van der Waals surface area contributed by atoms with Crippen LogP contribution in [0.2, 0.25) is 0 Å². The van der Waals surface area contributed by atoms with Crippen LogP contribution >= 0.6 is 15.9 Å². The molecule has 0 saturated carbocycles. The second-order valence-electron chi connectivity index (χ2n) is 6.55. The van der Waals surface area contributed by atoms with Crippen LogP contribution in [0, 0.1) is 20.8 Å². The molecule has 0 aliphatic rings.